The van der Waals surface area contributed by atoms with E-state index in [9.17, 15) is 14.4 Å². The Morgan fingerprint density at radius 3 is 2.67 bits per heavy atom. The molecule has 4 rings (SSSR count). The average molecular weight is 432 g/mol. The Balaban J connectivity index is 1.53. The number of amides is 4. The molecule has 1 aliphatic heterocycles. The number of nitrogens with zero attached hydrogens (tertiary/aromatic N) is 3. The number of urea groups is 1. The Kier molecular flexibility index (Phi) is 5.81. The number of imide groups is 1. The minimum absolute atomic E-state index is 0.0187. The van der Waals surface area contributed by atoms with Crippen molar-refractivity contribution >= 4 is 39.4 Å². The van der Waals surface area contributed by atoms with Crippen LogP contribution in [0.15, 0.2) is 6.07 Å². The summed E-state index contributed by atoms with van der Waals surface area (Å²) in [6, 6.07) is 1.62. The molecule has 2 aromatic rings. The summed E-state index contributed by atoms with van der Waals surface area (Å²) in [6.07, 6.45) is 6.01. The topological polar surface area (TPSA) is 96.3 Å². The van der Waals surface area contributed by atoms with E-state index in [0.717, 1.165) is 28.8 Å². The number of rotatable bonds is 6. The van der Waals surface area contributed by atoms with Crippen LogP contribution in [0.1, 0.15) is 67.4 Å². The van der Waals surface area contributed by atoms with Crippen molar-refractivity contribution in [2.24, 2.45) is 5.92 Å². The normalized spacial score (nSPS) is 19.0. The molecule has 9 heteroatoms. The molecule has 0 spiro atoms. The van der Waals surface area contributed by atoms with Crippen molar-refractivity contribution in [3.8, 4) is 0 Å². The van der Waals surface area contributed by atoms with E-state index >= 15 is 0 Å². The monoisotopic (exact) mass is 431 g/mol. The molecule has 8 nitrogen and oxygen atoms in total. The molecule has 2 N–H and O–H groups in total. The highest BCUT2D eigenvalue weighted by Crippen LogP contribution is 2.35. The second-order valence-corrected chi connectivity index (χ2v) is 9.67. The quantitative estimate of drug-likeness (QED) is 0.687. The van der Waals surface area contributed by atoms with Crippen LogP contribution in [-0.4, -0.2) is 51.7 Å². The van der Waals surface area contributed by atoms with Crippen molar-refractivity contribution < 1.29 is 14.4 Å². The summed E-state index contributed by atoms with van der Waals surface area (Å²) in [5.41, 5.74) is 0.950. The molecule has 2 aromatic heterocycles. The predicted molar refractivity (Wildman–Crippen MR) is 116 cm³/mol. The number of carbonyl (C=O) groups excluding carboxylic acids is 3. The molecule has 0 bridgehead atoms. The standard InChI is InChI=1S/C21H29N5O3S/c1-12(2)16(11-25-18(27)10-22-21(25)29)23-19(28)17-9-15-13(3)24-26(20(15)30-17)14-7-5-4-6-8-14/h9,12,14,16H,4-8,10-11H2,1-3H3,(H,22,29)(H,23,28)/t16-/m0/s1. The van der Waals surface area contributed by atoms with Crippen LogP contribution in [0.2, 0.25) is 0 Å². The van der Waals surface area contributed by atoms with Gasteiger partial charge in [-0.15, -0.1) is 11.3 Å². The molecule has 4 amide bonds. The third-order valence-electron chi connectivity index (χ3n) is 6.15. The molecule has 1 aliphatic carbocycles. The van der Waals surface area contributed by atoms with Crippen molar-refractivity contribution in [3.63, 3.8) is 0 Å². The van der Waals surface area contributed by atoms with Gasteiger partial charge in [-0.05, 0) is 31.7 Å². The van der Waals surface area contributed by atoms with Crippen molar-refractivity contribution in [2.45, 2.75) is 65.0 Å². The van der Waals surface area contributed by atoms with Gasteiger partial charge in [0.1, 0.15) is 4.83 Å². The lowest BCUT2D eigenvalue weighted by molar-refractivity contribution is -0.125. The van der Waals surface area contributed by atoms with Gasteiger partial charge < -0.3 is 10.6 Å². The lowest BCUT2D eigenvalue weighted by Crippen LogP contribution is -2.48. The Morgan fingerprint density at radius 1 is 1.30 bits per heavy atom. The van der Waals surface area contributed by atoms with E-state index in [1.54, 1.807) is 0 Å². The van der Waals surface area contributed by atoms with Crippen molar-refractivity contribution in [3.05, 3.63) is 16.6 Å². The number of nitrogens with one attached hydrogen (secondary N) is 2. The van der Waals surface area contributed by atoms with Gasteiger partial charge in [0.2, 0.25) is 5.91 Å². The van der Waals surface area contributed by atoms with Gasteiger partial charge in [0.05, 0.1) is 29.7 Å². The fraction of sp³-hybridized carbons (Fsp3) is 0.619. The molecule has 1 saturated heterocycles. The average Bonchev–Trinajstić information content (AvgIpc) is 3.39. The number of thiophene rings is 1. The number of aryl methyl sites for hydroxylation is 1. The van der Waals surface area contributed by atoms with Gasteiger partial charge in [0.25, 0.3) is 5.91 Å². The molecular weight excluding hydrogens is 402 g/mol. The first-order chi connectivity index (χ1) is 14.3. The minimum Gasteiger partial charge on any atom is -0.347 e. The van der Waals surface area contributed by atoms with E-state index in [1.165, 1.54) is 35.5 Å². The third-order valence-corrected chi connectivity index (χ3v) is 7.27. The van der Waals surface area contributed by atoms with E-state index in [1.807, 2.05) is 26.8 Å². The Hall–Kier alpha value is -2.42. The van der Waals surface area contributed by atoms with Crippen LogP contribution in [-0.2, 0) is 4.79 Å². The zero-order valence-electron chi connectivity index (χ0n) is 17.7. The zero-order chi connectivity index (χ0) is 21.4. The third kappa shape index (κ3) is 3.95. The minimum atomic E-state index is -0.398. The largest absolute Gasteiger partial charge is 0.347 e. The molecule has 162 valence electrons. The molecule has 1 saturated carbocycles. The molecule has 1 atom stereocenters. The van der Waals surface area contributed by atoms with Crippen LogP contribution in [0, 0.1) is 12.8 Å². The van der Waals surface area contributed by atoms with Crippen LogP contribution < -0.4 is 10.6 Å². The number of carbonyl (C=O) groups is 3. The van der Waals surface area contributed by atoms with Gasteiger partial charge in [-0.25, -0.2) is 4.79 Å². The van der Waals surface area contributed by atoms with Gasteiger partial charge in [0.15, 0.2) is 0 Å². The summed E-state index contributed by atoms with van der Waals surface area (Å²) >= 11 is 1.47. The van der Waals surface area contributed by atoms with E-state index < -0.39 is 6.03 Å². The maximum atomic E-state index is 13.0. The molecule has 30 heavy (non-hydrogen) atoms. The van der Waals surface area contributed by atoms with Crippen molar-refractivity contribution in [1.29, 1.82) is 0 Å². The van der Waals surface area contributed by atoms with Crippen LogP contribution >= 0.6 is 11.3 Å². The van der Waals surface area contributed by atoms with Crippen LogP contribution in [0.25, 0.3) is 10.2 Å². The highest BCUT2D eigenvalue weighted by Gasteiger charge is 2.32. The first-order valence-corrected chi connectivity index (χ1v) is 11.5. The van der Waals surface area contributed by atoms with E-state index in [2.05, 4.69) is 15.3 Å². The number of fused-ring (bicyclic) bond motifs is 1. The number of aromatic nitrogens is 2. The molecular formula is C21H29N5O3S. The van der Waals surface area contributed by atoms with Crippen LogP contribution in [0.3, 0.4) is 0 Å². The zero-order valence-corrected chi connectivity index (χ0v) is 18.6. The molecule has 0 radical (unpaired) electrons. The molecule has 2 fully saturated rings. The van der Waals surface area contributed by atoms with Crippen molar-refractivity contribution in [1.82, 2.24) is 25.3 Å². The van der Waals surface area contributed by atoms with E-state index in [0.29, 0.717) is 10.9 Å². The first-order valence-electron chi connectivity index (χ1n) is 10.7. The predicted octanol–water partition coefficient (Wildman–Crippen LogP) is 3.22. The van der Waals surface area contributed by atoms with Gasteiger partial charge in [-0.2, -0.15) is 5.10 Å². The van der Waals surface area contributed by atoms with E-state index in [-0.39, 0.29) is 36.9 Å². The lowest BCUT2D eigenvalue weighted by Gasteiger charge is -2.25. The second-order valence-electron chi connectivity index (χ2n) is 8.64. The summed E-state index contributed by atoms with van der Waals surface area (Å²) < 4.78 is 2.12. The highest BCUT2D eigenvalue weighted by atomic mass is 32.1. The van der Waals surface area contributed by atoms with Crippen LogP contribution in [0.5, 0.6) is 0 Å². The highest BCUT2D eigenvalue weighted by molar-refractivity contribution is 7.20. The number of hydrogen-bond donors (Lipinski definition) is 2. The van der Waals surface area contributed by atoms with E-state index in [4.69, 9.17) is 5.10 Å². The lowest BCUT2D eigenvalue weighted by atomic mass is 9.96. The molecule has 2 aliphatic rings. The van der Waals surface area contributed by atoms with Gasteiger partial charge >= 0.3 is 6.03 Å². The first kappa shape index (κ1) is 20.8. The fourth-order valence-corrected chi connectivity index (χ4v) is 5.39. The molecule has 0 unspecified atom stereocenters. The van der Waals surface area contributed by atoms with Crippen LogP contribution in [0.4, 0.5) is 4.79 Å². The summed E-state index contributed by atoms with van der Waals surface area (Å²) in [4.78, 5) is 39.7. The summed E-state index contributed by atoms with van der Waals surface area (Å²) in [5.74, 6) is -0.356. The van der Waals surface area contributed by atoms with Gasteiger partial charge in [-0.1, -0.05) is 33.1 Å². The Bertz CT molecular complexity index is 957. The Labute approximate surface area is 180 Å². The summed E-state index contributed by atoms with van der Waals surface area (Å²) in [5, 5.41) is 11.3. The second kappa shape index (κ2) is 8.37. The molecule has 0 aromatic carbocycles. The molecule has 3 heterocycles. The van der Waals surface area contributed by atoms with Gasteiger partial charge in [-0.3, -0.25) is 19.2 Å². The maximum absolute atomic E-state index is 13.0. The SMILES string of the molecule is Cc1nn(C2CCCCC2)c2sc(C(=O)N[C@@H](CN3C(=O)CNC3=O)C(C)C)cc12. The fourth-order valence-electron chi connectivity index (χ4n) is 4.26. The van der Waals surface area contributed by atoms with Crippen molar-refractivity contribution in [2.75, 3.05) is 13.1 Å². The maximum Gasteiger partial charge on any atom is 0.324 e. The number of hydrogen-bond acceptors (Lipinski definition) is 5. The summed E-state index contributed by atoms with van der Waals surface area (Å²) in [6.45, 7) is 6.13. The summed E-state index contributed by atoms with van der Waals surface area (Å²) in [7, 11) is 0. The van der Waals surface area contributed by atoms with Gasteiger partial charge in [0, 0.05) is 11.4 Å². The smallest absolute Gasteiger partial charge is 0.324 e. The Morgan fingerprint density at radius 2 is 2.03 bits per heavy atom.